The minimum Gasteiger partial charge on any atom is -0.378 e. The summed E-state index contributed by atoms with van der Waals surface area (Å²) in [6.07, 6.45) is 6.68. The first kappa shape index (κ1) is 26.1. The molecule has 200 valence electrons. The van der Waals surface area contributed by atoms with Crippen LogP contribution in [0.15, 0.2) is 168 Å². The van der Waals surface area contributed by atoms with Crippen molar-refractivity contribution >= 4 is 23.2 Å². The van der Waals surface area contributed by atoms with Gasteiger partial charge in [0.15, 0.2) is 0 Å². The zero-order valence-corrected chi connectivity index (χ0v) is 22.9. The number of allylic oxidation sites excluding steroid dienone is 1. The fraction of sp³-hybridized carbons (Fsp3) is 0.0789. The monoisotopic (exact) mass is 531 g/mol. The van der Waals surface area contributed by atoms with Gasteiger partial charge in [-0.05, 0) is 52.6 Å². The molecule has 0 saturated carbocycles. The molecular weight excluding hydrogens is 498 g/mol. The van der Waals surface area contributed by atoms with Gasteiger partial charge in [0, 0.05) is 34.8 Å². The molecule has 0 saturated heterocycles. The topological polar surface area (TPSA) is 36.4 Å². The second-order valence-corrected chi connectivity index (χ2v) is 10.2. The standard InChI is InChI=1S/C38H33N3/c1-5-13-29(14-6-1)27-39-28-30-21-23-34(24-22-30)41-38-26-37(40-33-19-11-4-12-20-33)35(31-15-7-2-8-16-31)25-36(38)32-17-9-3-10-18-32/h1-26,28,35,37,40-41H,27H2. The number of benzene rings is 5. The molecule has 5 aromatic carbocycles. The van der Waals surface area contributed by atoms with Crippen LogP contribution in [0.2, 0.25) is 0 Å². The first-order valence-electron chi connectivity index (χ1n) is 14.1. The molecule has 0 heterocycles. The molecule has 0 bridgehead atoms. The van der Waals surface area contributed by atoms with E-state index >= 15 is 0 Å². The van der Waals surface area contributed by atoms with E-state index in [1.54, 1.807) is 0 Å². The first-order chi connectivity index (χ1) is 20.3. The number of para-hydroxylation sites is 1. The van der Waals surface area contributed by atoms with E-state index in [1.165, 1.54) is 22.3 Å². The smallest absolute Gasteiger partial charge is 0.0639 e. The summed E-state index contributed by atoms with van der Waals surface area (Å²) in [7, 11) is 0. The van der Waals surface area contributed by atoms with Crippen LogP contribution in [-0.4, -0.2) is 12.3 Å². The minimum absolute atomic E-state index is 0.0687. The Labute approximate surface area is 242 Å². The summed E-state index contributed by atoms with van der Waals surface area (Å²) in [4.78, 5) is 4.62. The highest BCUT2D eigenvalue weighted by atomic mass is 14.9. The molecule has 2 atom stereocenters. The van der Waals surface area contributed by atoms with Gasteiger partial charge in [0.2, 0.25) is 0 Å². The van der Waals surface area contributed by atoms with Crippen LogP contribution in [-0.2, 0) is 6.54 Å². The van der Waals surface area contributed by atoms with E-state index in [1.807, 2.05) is 30.5 Å². The summed E-state index contributed by atoms with van der Waals surface area (Å²) >= 11 is 0. The lowest BCUT2D eigenvalue weighted by Crippen LogP contribution is -2.29. The number of nitrogens with one attached hydrogen (secondary N) is 2. The predicted octanol–water partition coefficient (Wildman–Crippen LogP) is 8.96. The van der Waals surface area contributed by atoms with E-state index in [0.29, 0.717) is 6.54 Å². The summed E-state index contributed by atoms with van der Waals surface area (Å²) < 4.78 is 0. The highest BCUT2D eigenvalue weighted by Gasteiger charge is 2.27. The van der Waals surface area contributed by atoms with Gasteiger partial charge in [-0.2, -0.15) is 0 Å². The van der Waals surface area contributed by atoms with Gasteiger partial charge in [-0.1, -0.05) is 127 Å². The van der Waals surface area contributed by atoms with Gasteiger partial charge in [0.25, 0.3) is 0 Å². The number of rotatable bonds is 9. The van der Waals surface area contributed by atoms with Gasteiger partial charge in [0.05, 0.1) is 12.6 Å². The van der Waals surface area contributed by atoms with Crippen LogP contribution >= 0.6 is 0 Å². The number of anilines is 2. The molecule has 0 spiro atoms. The van der Waals surface area contributed by atoms with E-state index in [4.69, 9.17) is 0 Å². The number of hydrogen-bond donors (Lipinski definition) is 2. The molecule has 3 nitrogen and oxygen atoms in total. The molecule has 3 heteroatoms. The minimum atomic E-state index is 0.0687. The second-order valence-electron chi connectivity index (χ2n) is 10.2. The fourth-order valence-electron chi connectivity index (χ4n) is 5.21. The Balaban J connectivity index is 1.29. The van der Waals surface area contributed by atoms with Gasteiger partial charge < -0.3 is 10.6 Å². The van der Waals surface area contributed by atoms with Gasteiger partial charge in [-0.15, -0.1) is 0 Å². The van der Waals surface area contributed by atoms with Gasteiger partial charge in [-0.25, -0.2) is 0 Å². The quantitative estimate of drug-likeness (QED) is 0.186. The Kier molecular flexibility index (Phi) is 8.15. The van der Waals surface area contributed by atoms with Crippen LogP contribution in [0.25, 0.3) is 5.57 Å². The zero-order chi connectivity index (χ0) is 27.7. The zero-order valence-electron chi connectivity index (χ0n) is 22.9. The lowest BCUT2D eigenvalue weighted by Gasteiger charge is -2.32. The van der Waals surface area contributed by atoms with Crippen molar-refractivity contribution in [2.24, 2.45) is 4.99 Å². The molecule has 41 heavy (non-hydrogen) atoms. The molecule has 0 radical (unpaired) electrons. The lowest BCUT2D eigenvalue weighted by molar-refractivity contribution is 0.753. The number of hydrogen-bond acceptors (Lipinski definition) is 3. The third-order valence-corrected chi connectivity index (χ3v) is 7.29. The molecule has 2 unspecified atom stereocenters. The van der Waals surface area contributed by atoms with Crippen LogP contribution < -0.4 is 10.6 Å². The van der Waals surface area contributed by atoms with E-state index < -0.39 is 0 Å². The Bertz CT molecular complexity index is 1620. The molecule has 6 rings (SSSR count). The van der Waals surface area contributed by atoms with E-state index in [2.05, 4.69) is 149 Å². The third kappa shape index (κ3) is 6.71. The average molecular weight is 532 g/mol. The second kappa shape index (κ2) is 12.8. The largest absolute Gasteiger partial charge is 0.378 e. The fourth-order valence-corrected chi connectivity index (χ4v) is 5.21. The van der Waals surface area contributed by atoms with E-state index in [9.17, 15) is 0 Å². The summed E-state index contributed by atoms with van der Waals surface area (Å²) in [5.41, 5.74) is 9.18. The van der Waals surface area contributed by atoms with Crippen molar-refractivity contribution in [3.05, 3.63) is 186 Å². The van der Waals surface area contributed by atoms with Crippen LogP contribution in [0.5, 0.6) is 0 Å². The summed E-state index contributed by atoms with van der Waals surface area (Å²) in [6, 6.07) is 50.7. The molecule has 0 aliphatic heterocycles. The van der Waals surface area contributed by atoms with Crippen LogP contribution in [0.3, 0.4) is 0 Å². The van der Waals surface area contributed by atoms with Crippen molar-refractivity contribution in [1.82, 2.24) is 0 Å². The Morgan fingerprint density at radius 1 is 0.585 bits per heavy atom. The van der Waals surface area contributed by atoms with Crippen molar-refractivity contribution < 1.29 is 0 Å². The van der Waals surface area contributed by atoms with Crippen LogP contribution in [0.1, 0.15) is 28.2 Å². The van der Waals surface area contributed by atoms with Gasteiger partial charge >= 0.3 is 0 Å². The highest BCUT2D eigenvalue weighted by Crippen LogP contribution is 2.37. The third-order valence-electron chi connectivity index (χ3n) is 7.29. The van der Waals surface area contributed by atoms with Crippen molar-refractivity contribution in [1.29, 1.82) is 0 Å². The molecular formula is C38H33N3. The molecule has 1 aliphatic rings. The van der Waals surface area contributed by atoms with Crippen LogP contribution in [0.4, 0.5) is 11.4 Å². The Hall–Kier alpha value is -5.15. The Morgan fingerprint density at radius 3 is 1.88 bits per heavy atom. The first-order valence-corrected chi connectivity index (χ1v) is 14.1. The molecule has 1 aliphatic carbocycles. The van der Waals surface area contributed by atoms with Crippen molar-refractivity contribution in [3.63, 3.8) is 0 Å². The maximum Gasteiger partial charge on any atom is 0.0639 e. The predicted molar refractivity (Wildman–Crippen MR) is 173 cm³/mol. The normalized spacial score (nSPS) is 16.6. The Morgan fingerprint density at radius 2 is 1.20 bits per heavy atom. The molecule has 5 aromatic rings. The van der Waals surface area contributed by atoms with Gasteiger partial charge in [0.1, 0.15) is 0 Å². The molecule has 0 aromatic heterocycles. The number of aliphatic imine (C=N–C) groups is 1. The maximum atomic E-state index is 4.62. The molecule has 2 N–H and O–H groups in total. The van der Waals surface area contributed by atoms with E-state index in [0.717, 1.165) is 22.6 Å². The SMILES string of the molecule is C(=NCc1ccccc1)c1ccc(NC2=CC(Nc3ccccc3)C(c3ccccc3)C=C2c2ccccc2)cc1. The van der Waals surface area contributed by atoms with Crippen LogP contribution in [0, 0.1) is 0 Å². The molecule has 0 amide bonds. The highest BCUT2D eigenvalue weighted by molar-refractivity contribution is 5.86. The summed E-state index contributed by atoms with van der Waals surface area (Å²) in [6.45, 7) is 0.678. The number of nitrogens with zero attached hydrogens (tertiary/aromatic N) is 1. The molecule has 0 fully saturated rings. The van der Waals surface area contributed by atoms with Crippen molar-refractivity contribution in [3.8, 4) is 0 Å². The average Bonchev–Trinajstić information content (AvgIpc) is 3.04. The maximum absolute atomic E-state index is 4.62. The van der Waals surface area contributed by atoms with Crippen molar-refractivity contribution in [2.45, 2.75) is 18.5 Å². The van der Waals surface area contributed by atoms with E-state index in [-0.39, 0.29) is 12.0 Å². The summed E-state index contributed by atoms with van der Waals surface area (Å²) in [5, 5.41) is 7.52. The van der Waals surface area contributed by atoms with Gasteiger partial charge in [-0.3, -0.25) is 4.99 Å². The summed E-state index contributed by atoms with van der Waals surface area (Å²) in [5.74, 6) is 0.167. The lowest BCUT2D eigenvalue weighted by atomic mass is 9.82. The van der Waals surface area contributed by atoms with Crippen molar-refractivity contribution in [2.75, 3.05) is 10.6 Å².